The maximum atomic E-state index is 2.46. The van der Waals surface area contributed by atoms with Gasteiger partial charge in [-0.3, -0.25) is 0 Å². The summed E-state index contributed by atoms with van der Waals surface area (Å²) in [5.41, 5.74) is 0.518. The number of hydrogen-bond acceptors (Lipinski definition) is 0. The molecule has 0 aromatic carbocycles. The lowest BCUT2D eigenvalue weighted by atomic mass is 9.70. The number of rotatable bonds is 9. The quantitative estimate of drug-likeness (QED) is 0.443. The Bertz CT molecular complexity index is 180. The third-order valence-corrected chi connectivity index (χ3v) is 5.03. The molecule has 0 aliphatic carbocycles. The van der Waals surface area contributed by atoms with Crippen molar-refractivity contribution in [1.29, 1.82) is 0 Å². The van der Waals surface area contributed by atoms with Crippen molar-refractivity contribution >= 4 is 0 Å². The molecule has 0 fully saturated rings. The molecule has 0 N–H and O–H groups in total. The molecule has 104 valence electrons. The molecule has 0 saturated carbocycles. The van der Waals surface area contributed by atoms with Crippen LogP contribution < -0.4 is 0 Å². The van der Waals surface area contributed by atoms with Crippen LogP contribution >= 0.6 is 0 Å². The van der Waals surface area contributed by atoms with Gasteiger partial charge in [0.25, 0.3) is 0 Å². The molecule has 17 heavy (non-hydrogen) atoms. The van der Waals surface area contributed by atoms with Crippen molar-refractivity contribution in [2.24, 2.45) is 23.2 Å². The summed E-state index contributed by atoms with van der Waals surface area (Å²) in [5, 5.41) is 0. The summed E-state index contributed by atoms with van der Waals surface area (Å²) in [7, 11) is 0. The van der Waals surface area contributed by atoms with Gasteiger partial charge in [-0.25, -0.2) is 0 Å². The monoisotopic (exact) mass is 240 g/mol. The molecule has 0 spiro atoms. The van der Waals surface area contributed by atoms with E-state index in [9.17, 15) is 0 Å². The molecule has 0 saturated heterocycles. The lowest BCUT2D eigenvalue weighted by Crippen LogP contribution is -2.27. The smallest absolute Gasteiger partial charge is 0.0326 e. The first-order valence-corrected chi connectivity index (χ1v) is 7.85. The van der Waals surface area contributed by atoms with Crippen molar-refractivity contribution in [2.45, 2.75) is 87.0 Å². The lowest BCUT2D eigenvalue weighted by molar-refractivity contribution is 0.142. The Morgan fingerprint density at radius 2 is 1.53 bits per heavy atom. The maximum Gasteiger partial charge on any atom is -0.0326 e. The first-order chi connectivity index (χ1) is 7.85. The standard InChI is InChI=1S/C17H36/c1-8-13-17(6,7)16(5)15(4)12-10-11-14(3)9-2/h14-16H,8-13H2,1-7H3. The topological polar surface area (TPSA) is 0 Å². The van der Waals surface area contributed by atoms with Crippen LogP contribution in [-0.4, -0.2) is 0 Å². The van der Waals surface area contributed by atoms with Crippen LogP contribution in [0.25, 0.3) is 0 Å². The largest absolute Gasteiger partial charge is 0.0654 e. The maximum absolute atomic E-state index is 2.46. The predicted molar refractivity (Wildman–Crippen MR) is 80.3 cm³/mol. The molecule has 0 aliphatic heterocycles. The van der Waals surface area contributed by atoms with E-state index >= 15 is 0 Å². The van der Waals surface area contributed by atoms with E-state index in [0.717, 1.165) is 17.8 Å². The van der Waals surface area contributed by atoms with E-state index in [4.69, 9.17) is 0 Å². The first-order valence-electron chi connectivity index (χ1n) is 7.85. The minimum absolute atomic E-state index is 0.518. The zero-order valence-electron chi connectivity index (χ0n) is 13.5. The fraction of sp³-hybridized carbons (Fsp3) is 1.00. The Morgan fingerprint density at radius 3 is 2.00 bits per heavy atom. The van der Waals surface area contributed by atoms with Gasteiger partial charge >= 0.3 is 0 Å². The second-order valence-corrected chi connectivity index (χ2v) is 6.95. The van der Waals surface area contributed by atoms with Crippen molar-refractivity contribution in [3.8, 4) is 0 Å². The van der Waals surface area contributed by atoms with E-state index in [1.165, 1.54) is 38.5 Å². The summed E-state index contributed by atoms with van der Waals surface area (Å²) >= 11 is 0. The Labute approximate surface area is 111 Å². The van der Waals surface area contributed by atoms with Crippen LogP contribution in [0.5, 0.6) is 0 Å². The minimum atomic E-state index is 0.518. The summed E-state index contributed by atoms with van der Waals surface area (Å²) in [6.45, 7) is 16.8. The summed E-state index contributed by atoms with van der Waals surface area (Å²) < 4.78 is 0. The Balaban J connectivity index is 4.00. The van der Waals surface area contributed by atoms with Crippen LogP contribution in [0.15, 0.2) is 0 Å². The van der Waals surface area contributed by atoms with E-state index in [0.29, 0.717) is 5.41 Å². The van der Waals surface area contributed by atoms with Crippen LogP contribution in [0.2, 0.25) is 0 Å². The predicted octanol–water partition coefficient (Wildman–Crippen LogP) is 6.30. The van der Waals surface area contributed by atoms with Crippen molar-refractivity contribution in [3.05, 3.63) is 0 Å². The zero-order chi connectivity index (χ0) is 13.5. The third kappa shape index (κ3) is 6.48. The van der Waals surface area contributed by atoms with Gasteiger partial charge in [-0.15, -0.1) is 0 Å². The van der Waals surface area contributed by atoms with Gasteiger partial charge in [0.15, 0.2) is 0 Å². The highest BCUT2D eigenvalue weighted by molar-refractivity contribution is 4.78. The van der Waals surface area contributed by atoms with Crippen molar-refractivity contribution in [1.82, 2.24) is 0 Å². The van der Waals surface area contributed by atoms with Gasteiger partial charge in [-0.2, -0.15) is 0 Å². The Hall–Kier alpha value is 0. The summed E-state index contributed by atoms with van der Waals surface area (Å²) in [6.07, 6.45) is 8.27. The molecule has 3 atom stereocenters. The molecule has 3 unspecified atom stereocenters. The highest BCUT2D eigenvalue weighted by Crippen LogP contribution is 2.38. The van der Waals surface area contributed by atoms with Gasteiger partial charge in [0.05, 0.1) is 0 Å². The van der Waals surface area contributed by atoms with Crippen LogP contribution in [0.4, 0.5) is 0 Å². The Morgan fingerprint density at radius 1 is 0.941 bits per heavy atom. The molecule has 0 bridgehead atoms. The van der Waals surface area contributed by atoms with E-state index in [1.807, 2.05) is 0 Å². The Kier molecular flexibility index (Phi) is 8.16. The van der Waals surface area contributed by atoms with Gasteiger partial charge in [-0.1, -0.05) is 80.6 Å². The van der Waals surface area contributed by atoms with Gasteiger partial charge in [-0.05, 0) is 29.6 Å². The molecule has 0 nitrogen and oxygen atoms in total. The SMILES string of the molecule is CCCC(C)(C)C(C)C(C)CCCC(C)CC. The van der Waals surface area contributed by atoms with Gasteiger partial charge in [0, 0.05) is 0 Å². The van der Waals surface area contributed by atoms with Crippen LogP contribution in [-0.2, 0) is 0 Å². The van der Waals surface area contributed by atoms with E-state index in [1.54, 1.807) is 0 Å². The first kappa shape index (κ1) is 17.0. The molecule has 0 radical (unpaired) electrons. The molecule has 0 aliphatic rings. The van der Waals surface area contributed by atoms with Crippen LogP contribution in [0, 0.1) is 23.2 Å². The summed E-state index contributed by atoms with van der Waals surface area (Å²) in [4.78, 5) is 0. The number of hydrogen-bond donors (Lipinski definition) is 0. The zero-order valence-corrected chi connectivity index (χ0v) is 13.5. The van der Waals surface area contributed by atoms with Crippen molar-refractivity contribution in [3.63, 3.8) is 0 Å². The van der Waals surface area contributed by atoms with E-state index in [-0.39, 0.29) is 0 Å². The molecule has 0 aromatic rings. The average molecular weight is 240 g/mol. The van der Waals surface area contributed by atoms with Gasteiger partial charge in [0.1, 0.15) is 0 Å². The van der Waals surface area contributed by atoms with Crippen molar-refractivity contribution < 1.29 is 0 Å². The second-order valence-electron chi connectivity index (χ2n) is 6.95. The summed E-state index contributed by atoms with van der Waals surface area (Å²) in [6, 6.07) is 0. The molecular weight excluding hydrogens is 204 g/mol. The highest BCUT2D eigenvalue weighted by atomic mass is 14.3. The van der Waals surface area contributed by atoms with E-state index < -0.39 is 0 Å². The normalized spacial score (nSPS) is 17.8. The molecule has 0 heterocycles. The molecule has 0 heteroatoms. The molecule has 0 rings (SSSR count). The minimum Gasteiger partial charge on any atom is -0.0654 e. The molecule has 0 amide bonds. The fourth-order valence-corrected chi connectivity index (χ4v) is 2.88. The highest BCUT2D eigenvalue weighted by Gasteiger charge is 2.28. The lowest BCUT2D eigenvalue weighted by Gasteiger charge is -2.36. The molecule has 0 aromatic heterocycles. The molecular formula is C17H36. The summed E-state index contributed by atoms with van der Waals surface area (Å²) in [5.74, 6) is 2.64. The van der Waals surface area contributed by atoms with Crippen LogP contribution in [0.1, 0.15) is 87.0 Å². The van der Waals surface area contributed by atoms with Crippen molar-refractivity contribution in [2.75, 3.05) is 0 Å². The fourth-order valence-electron chi connectivity index (χ4n) is 2.88. The van der Waals surface area contributed by atoms with Gasteiger partial charge < -0.3 is 0 Å². The van der Waals surface area contributed by atoms with E-state index in [2.05, 4.69) is 48.5 Å². The van der Waals surface area contributed by atoms with Gasteiger partial charge in [0.2, 0.25) is 0 Å². The second kappa shape index (κ2) is 8.16. The average Bonchev–Trinajstić information content (AvgIpc) is 2.27. The third-order valence-electron chi connectivity index (χ3n) is 5.03. The van der Waals surface area contributed by atoms with Crippen LogP contribution in [0.3, 0.4) is 0 Å².